The topological polar surface area (TPSA) is 210 Å². The van der Waals surface area contributed by atoms with E-state index in [9.17, 15) is 35.0 Å². The molecule has 0 saturated heterocycles. The Labute approximate surface area is 310 Å². The van der Waals surface area contributed by atoms with Crippen molar-refractivity contribution in [3.63, 3.8) is 0 Å². The van der Waals surface area contributed by atoms with Crippen LogP contribution in [-0.2, 0) is 23.9 Å². The molecule has 0 fully saturated rings. The first-order chi connectivity index (χ1) is 25.2. The Kier molecular flexibility index (Phi) is 17.3. The van der Waals surface area contributed by atoms with Gasteiger partial charge < -0.3 is 24.4 Å². The zero-order valence-corrected chi connectivity index (χ0v) is 31.0. The number of nitro groups is 1. The SMILES string of the molecule is C=CC(=O)OCCCCN(CCCCOC(=O)C=C)c1cc(NC(=O)CC(C)CC(C)(C)C)c(N=Nc2c(C#N)cc([N+](=O)[O-])cc2C#N)cc1OC. The molecule has 2 aromatic carbocycles. The van der Waals surface area contributed by atoms with Gasteiger partial charge >= 0.3 is 11.9 Å². The number of non-ortho nitro benzene ring substituents is 1. The van der Waals surface area contributed by atoms with E-state index in [2.05, 4.69) is 49.5 Å². The van der Waals surface area contributed by atoms with Crippen LogP contribution in [0.1, 0.15) is 77.3 Å². The maximum atomic E-state index is 13.4. The Balaban J connectivity index is 2.62. The number of hydrogen-bond donors (Lipinski definition) is 1. The second kappa shape index (κ2) is 21.3. The second-order valence-electron chi connectivity index (χ2n) is 13.4. The number of carbonyl (C=O) groups excluding carboxylic acids is 3. The third-order valence-corrected chi connectivity index (χ3v) is 7.68. The first-order valence-corrected chi connectivity index (χ1v) is 17.1. The Hall–Kier alpha value is -6.09. The number of carbonyl (C=O) groups is 3. The summed E-state index contributed by atoms with van der Waals surface area (Å²) < 4.78 is 16.0. The third-order valence-electron chi connectivity index (χ3n) is 7.68. The predicted octanol–water partition coefficient (Wildman–Crippen LogP) is 7.99. The van der Waals surface area contributed by atoms with Crippen molar-refractivity contribution < 1.29 is 33.5 Å². The van der Waals surface area contributed by atoms with Crippen LogP contribution >= 0.6 is 0 Å². The number of nitrogens with one attached hydrogen (secondary N) is 1. The highest BCUT2D eigenvalue weighted by Crippen LogP contribution is 2.41. The average molecular weight is 730 g/mol. The number of esters is 2. The molecule has 1 atom stereocenters. The molecule has 0 aromatic heterocycles. The standard InChI is InChI=1S/C38H47N7O8/c1-8-35(47)52-16-12-10-14-44(15-11-13-17-53-36(48)9-2)32-21-30(41-34(46)18-26(3)23-38(4,5)6)31(22-33(32)51-7)42-43-37-27(24-39)19-29(45(49)50)20-28(37)25-40/h8-9,19-22,26H,1-2,10-18,23H2,3-7H3,(H,41,46). The molecule has 0 radical (unpaired) electrons. The zero-order chi connectivity index (χ0) is 39.6. The number of azo groups is 1. The van der Waals surface area contributed by atoms with Crippen LogP contribution in [0, 0.1) is 44.1 Å². The van der Waals surface area contributed by atoms with Gasteiger partial charge in [-0.3, -0.25) is 14.9 Å². The number of amides is 1. The van der Waals surface area contributed by atoms with Crippen molar-refractivity contribution in [2.75, 3.05) is 43.6 Å². The largest absolute Gasteiger partial charge is 0.494 e. The van der Waals surface area contributed by atoms with Crippen molar-refractivity contribution in [2.45, 2.75) is 66.2 Å². The molecule has 1 amide bonds. The van der Waals surface area contributed by atoms with Crippen LogP contribution in [0.25, 0.3) is 0 Å². The average Bonchev–Trinajstić information content (AvgIpc) is 3.11. The molecular weight excluding hydrogens is 682 g/mol. The smallest absolute Gasteiger partial charge is 0.330 e. The minimum atomic E-state index is -0.714. The van der Waals surface area contributed by atoms with Crippen molar-refractivity contribution in [3.05, 3.63) is 70.8 Å². The lowest BCUT2D eigenvalue weighted by molar-refractivity contribution is -0.384. The highest BCUT2D eigenvalue weighted by atomic mass is 16.6. The molecule has 0 spiro atoms. The lowest BCUT2D eigenvalue weighted by Gasteiger charge is -2.28. The molecule has 282 valence electrons. The van der Waals surface area contributed by atoms with E-state index in [0.29, 0.717) is 50.2 Å². The van der Waals surface area contributed by atoms with E-state index in [0.717, 1.165) is 30.7 Å². The highest BCUT2D eigenvalue weighted by Gasteiger charge is 2.22. The lowest BCUT2D eigenvalue weighted by atomic mass is 9.84. The van der Waals surface area contributed by atoms with Gasteiger partial charge in [0.05, 0.1) is 47.7 Å². The molecule has 0 bridgehead atoms. The summed E-state index contributed by atoms with van der Waals surface area (Å²) in [5.41, 5.74) is -0.0674. The number of nitrogens with zero attached hydrogens (tertiary/aromatic N) is 6. The summed E-state index contributed by atoms with van der Waals surface area (Å²) in [6, 6.07) is 8.94. The fourth-order valence-electron chi connectivity index (χ4n) is 5.52. The number of anilines is 2. The first-order valence-electron chi connectivity index (χ1n) is 17.1. The first kappa shape index (κ1) is 43.1. The molecule has 1 N–H and O–H groups in total. The van der Waals surface area contributed by atoms with Crippen LogP contribution in [0.4, 0.5) is 28.4 Å². The van der Waals surface area contributed by atoms with Crippen LogP contribution < -0.4 is 15.0 Å². The third kappa shape index (κ3) is 14.6. The summed E-state index contributed by atoms with van der Waals surface area (Å²) in [6.07, 6.45) is 5.53. The van der Waals surface area contributed by atoms with Crippen LogP contribution in [-0.4, -0.2) is 56.2 Å². The van der Waals surface area contributed by atoms with Gasteiger partial charge in [-0.15, -0.1) is 10.2 Å². The maximum Gasteiger partial charge on any atom is 0.330 e. The van der Waals surface area contributed by atoms with E-state index in [1.165, 1.54) is 7.11 Å². The van der Waals surface area contributed by atoms with E-state index in [1.54, 1.807) is 12.1 Å². The summed E-state index contributed by atoms with van der Waals surface area (Å²) in [5, 5.41) is 42.3. The monoisotopic (exact) mass is 729 g/mol. The number of unbranched alkanes of at least 4 members (excludes halogenated alkanes) is 2. The molecule has 0 aliphatic carbocycles. The number of ether oxygens (including phenoxy) is 3. The number of rotatable bonds is 21. The summed E-state index contributed by atoms with van der Waals surface area (Å²) >= 11 is 0. The normalized spacial score (nSPS) is 11.5. The van der Waals surface area contributed by atoms with Gasteiger partial charge in [0.2, 0.25) is 5.91 Å². The van der Waals surface area contributed by atoms with E-state index in [-0.39, 0.29) is 65.1 Å². The predicted molar refractivity (Wildman–Crippen MR) is 199 cm³/mol. The van der Waals surface area contributed by atoms with E-state index in [4.69, 9.17) is 14.2 Å². The molecule has 53 heavy (non-hydrogen) atoms. The van der Waals surface area contributed by atoms with Crippen molar-refractivity contribution in [1.29, 1.82) is 10.5 Å². The lowest BCUT2D eigenvalue weighted by Crippen LogP contribution is -2.27. The van der Waals surface area contributed by atoms with Gasteiger partial charge in [-0.05, 0) is 49.5 Å². The number of benzene rings is 2. The van der Waals surface area contributed by atoms with Crippen molar-refractivity contribution in [2.24, 2.45) is 21.6 Å². The quantitative estimate of drug-likeness (QED) is 0.0325. The van der Waals surface area contributed by atoms with Crippen molar-refractivity contribution >= 4 is 46.3 Å². The van der Waals surface area contributed by atoms with Gasteiger partial charge in [0, 0.05) is 49.9 Å². The maximum absolute atomic E-state index is 13.4. The van der Waals surface area contributed by atoms with Gasteiger partial charge in [0.25, 0.3) is 5.69 Å². The number of nitriles is 2. The molecule has 0 saturated carbocycles. The molecule has 2 aromatic rings. The highest BCUT2D eigenvalue weighted by molar-refractivity contribution is 5.95. The molecule has 15 heteroatoms. The molecule has 1 unspecified atom stereocenters. The van der Waals surface area contributed by atoms with Gasteiger partial charge in [-0.1, -0.05) is 40.9 Å². The van der Waals surface area contributed by atoms with Gasteiger partial charge in [0.1, 0.15) is 29.3 Å². The van der Waals surface area contributed by atoms with Crippen molar-refractivity contribution in [1.82, 2.24) is 0 Å². The van der Waals surface area contributed by atoms with Crippen LogP contribution in [0.5, 0.6) is 5.75 Å². The van der Waals surface area contributed by atoms with Crippen LogP contribution in [0.3, 0.4) is 0 Å². The molecule has 0 heterocycles. The van der Waals surface area contributed by atoms with E-state index < -0.39 is 22.5 Å². The molecule has 2 rings (SSSR count). The summed E-state index contributed by atoms with van der Waals surface area (Å²) in [6.45, 7) is 16.5. The van der Waals surface area contributed by atoms with E-state index >= 15 is 0 Å². The number of hydrogen-bond acceptors (Lipinski definition) is 13. The summed E-state index contributed by atoms with van der Waals surface area (Å²) in [5.74, 6) is -0.899. The van der Waals surface area contributed by atoms with Gasteiger partial charge in [-0.25, -0.2) is 9.59 Å². The zero-order valence-electron chi connectivity index (χ0n) is 31.0. The van der Waals surface area contributed by atoms with Crippen molar-refractivity contribution in [3.8, 4) is 17.9 Å². The van der Waals surface area contributed by atoms with Crippen LogP contribution in [0.2, 0.25) is 0 Å². The second-order valence-corrected chi connectivity index (χ2v) is 13.4. The minimum Gasteiger partial charge on any atom is -0.494 e. The van der Waals surface area contributed by atoms with Gasteiger partial charge in [-0.2, -0.15) is 10.5 Å². The Bertz CT molecular complexity index is 1700. The van der Waals surface area contributed by atoms with E-state index in [1.807, 2.05) is 24.0 Å². The van der Waals surface area contributed by atoms with Gasteiger partial charge in [0.15, 0.2) is 0 Å². The number of methoxy groups -OCH3 is 1. The fourth-order valence-corrected chi connectivity index (χ4v) is 5.52. The Morgan fingerprint density at radius 3 is 1.96 bits per heavy atom. The molecule has 15 nitrogen and oxygen atoms in total. The molecule has 0 aliphatic rings. The Morgan fingerprint density at radius 1 is 0.962 bits per heavy atom. The molecule has 0 aliphatic heterocycles. The minimum absolute atomic E-state index is 0.00251. The summed E-state index contributed by atoms with van der Waals surface area (Å²) in [4.78, 5) is 49.2. The fraction of sp³-hybridized carbons (Fsp3) is 0.447. The molecular formula is C38H47N7O8. The Morgan fingerprint density at radius 2 is 1.51 bits per heavy atom. The summed E-state index contributed by atoms with van der Waals surface area (Å²) in [7, 11) is 1.46. The van der Waals surface area contributed by atoms with Crippen LogP contribution in [0.15, 0.2) is 59.8 Å². The number of nitro benzene ring substituents is 1.